The van der Waals surface area contributed by atoms with E-state index < -0.39 is 6.10 Å². The van der Waals surface area contributed by atoms with Gasteiger partial charge >= 0.3 is 0 Å². The Labute approximate surface area is 107 Å². The smallest absolute Gasteiger partial charge is 0.185 e. The van der Waals surface area contributed by atoms with Gasteiger partial charge in [0.1, 0.15) is 0 Å². The highest BCUT2D eigenvalue weighted by Gasteiger charge is 2.24. The molecule has 1 N–H and O–H groups in total. The molecule has 1 aliphatic rings. The minimum atomic E-state index is -0.450. The van der Waals surface area contributed by atoms with Crippen molar-refractivity contribution in [2.45, 2.75) is 58.1 Å². The fourth-order valence-electron chi connectivity index (χ4n) is 2.49. The van der Waals surface area contributed by atoms with E-state index in [1.165, 1.54) is 32.1 Å². The molecule has 2 unspecified atom stereocenters. The number of hydrogen-bond donors (Lipinski definition) is 1. The van der Waals surface area contributed by atoms with Gasteiger partial charge in [0.05, 0.1) is 11.8 Å². The third-order valence-electron chi connectivity index (χ3n) is 3.43. The lowest BCUT2D eigenvalue weighted by atomic mass is 9.99. The average Bonchev–Trinajstić information content (AvgIpc) is 2.79. The summed E-state index contributed by atoms with van der Waals surface area (Å²) in [5.74, 6) is 0. The molecule has 4 heteroatoms. The molecule has 96 valence electrons. The van der Waals surface area contributed by atoms with E-state index in [0.29, 0.717) is 6.04 Å². The zero-order valence-corrected chi connectivity index (χ0v) is 11.5. The molecule has 1 aromatic rings. The van der Waals surface area contributed by atoms with Crippen LogP contribution in [-0.2, 0) is 0 Å². The van der Waals surface area contributed by atoms with E-state index in [4.69, 9.17) is 0 Å². The van der Waals surface area contributed by atoms with Crippen LogP contribution in [0.4, 0.5) is 5.13 Å². The Kier molecular flexibility index (Phi) is 4.40. The van der Waals surface area contributed by atoms with E-state index in [9.17, 15) is 5.11 Å². The summed E-state index contributed by atoms with van der Waals surface area (Å²) in [4.78, 5) is 7.01. The number of aromatic nitrogens is 1. The third-order valence-corrected chi connectivity index (χ3v) is 4.33. The summed E-state index contributed by atoms with van der Waals surface area (Å²) in [6.45, 7) is 5.14. The Morgan fingerprint density at radius 1 is 1.59 bits per heavy atom. The topological polar surface area (TPSA) is 36.4 Å². The van der Waals surface area contributed by atoms with Crippen molar-refractivity contribution >= 4 is 16.5 Å². The number of piperidine rings is 1. The summed E-state index contributed by atoms with van der Waals surface area (Å²) in [5, 5.41) is 12.6. The van der Waals surface area contributed by atoms with Gasteiger partial charge in [0.25, 0.3) is 0 Å². The van der Waals surface area contributed by atoms with Crippen LogP contribution in [-0.4, -0.2) is 22.7 Å². The third kappa shape index (κ3) is 2.99. The lowest BCUT2D eigenvalue weighted by Gasteiger charge is -2.35. The number of rotatable bonds is 4. The minimum absolute atomic E-state index is 0.450. The average molecular weight is 254 g/mol. The second kappa shape index (κ2) is 5.83. The van der Waals surface area contributed by atoms with E-state index in [1.54, 1.807) is 18.3 Å². The number of nitrogens with zero attached hydrogens (tertiary/aromatic N) is 2. The number of hydrogen-bond acceptors (Lipinski definition) is 4. The predicted octanol–water partition coefficient (Wildman–Crippen LogP) is 3.36. The Morgan fingerprint density at radius 2 is 2.41 bits per heavy atom. The molecule has 2 atom stereocenters. The molecule has 1 saturated heterocycles. The normalized spacial score (nSPS) is 22.8. The minimum Gasteiger partial charge on any atom is -0.387 e. The fourth-order valence-corrected chi connectivity index (χ4v) is 3.50. The second-order valence-corrected chi connectivity index (χ2v) is 5.70. The van der Waals surface area contributed by atoms with Crippen LogP contribution in [0.25, 0.3) is 0 Å². The van der Waals surface area contributed by atoms with Crippen molar-refractivity contribution in [3.05, 3.63) is 11.1 Å². The summed E-state index contributed by atoms with van der Waals surface area (Å²) in [6, 6.07) is 0.654. The lowest BCUT2D eigenvalue weighted by Crippen LogP contribution is -2.39. The van der Waals surface area contributed by atoms with Gasteiger partial charge in [0.15, 0.2) is 5.13 Å². The molecule has 1 aromatic heterocycles. The van der Waals surface area contributed by atoms with Crippen molar-refractivity contribution in [2.75, 3.05) is 11.4 Å². The quantitative estimate of drug-likeness (QED) is 0.895. The van der Waals surface area contributed by atoms with E-state index in [1.807, 2.05) is 5.38 Å². The summed E-state index contributed by atoms with van der Waals surface area (Å²) >= 11 is 1.67. The molecule has 0 amide bonds. The molecule has 17 heavy (non-hydrogen) atoms. The second-order valence-electron chi connectivity index (χ2n) is 4.86. The Morgan fingerprint density at radius 3 is 3.06 bits per heavy atom. The SMILES string of the molecule is CCCC1CCCCN1c1nc(C(C)O)cs1. The highest BCUT2D eigenvalue weighted by Crippen LogP contribution is 2.31. The van der Waals surface area contributed by atoms with Gasteiger partial charge in [-0.1, -0.05) is 13.3 Å². The molecule has 3 nitrogen and oxygen atoms in total. The Bertz CT molecular complexity index is 349. The van der Waals surface area contributed by atoms with Crippen molar-refractivity contribution in [1.82, 2.24) is 4.98 Å². The van der Waals surface area contributed by atoms with E-state index in [0.717, 1.165) is 17.4 Å². The van der Waals surface area contributed by atoms with Gasteiger partial charge in [-0.25, -0.2) is 4.98 Å². The number of aliphatic hydroxyl groups excluding tert-OH is 1. The van der Waals surface area contributed by atoms with Crippen LogP contribution >= 0.6 is 11.3 Å². The van der Waals surface area contributed by atoms with Crippen molar-refractivity contribution in [3.8, 4) is 0 Å². The van der Waals surface area contributed by atoms with Gasteiger partial charge < -0.3 is 10.0 Å². The maximum atomic E-state index is 9.53. The van der Waals surface area contributed by atoms with Gasteiger partial charge in [0.2, 0.25) is 0 Å². The van der Waals surface area contributed by atoms with Crippen LogP contribution in [0.5, 0.6) is 0 Å². The van der Waals surface area contributed by atoms with Gasteiger partial charge in [-0.15, -0.1) is 11.3 Å². The van der Waals surface area contributed by atoms with Crippen LogP contribution < -0.4 is 4.90 Å². The molecule has 0 spiro atoms. The number of thiazole rings is 1. The molecule has 1 aliphatic heterocycles. The van der Waals surface area contributed by atoms with Crippen LogP contribution in [0.2, 0.25) is 0 Å². The first-order valence-corrected chi connectivity index (χ1v) is 7.50. The highest BCUT2D eigenvalue weighted by atomic mass is 32.1. The van der Waals surface area contributed by atoms with Gasteiger partial charge in [0, 0.05) is 18.0 Å². The van der Waals surface area contributed by atoms with Crippen LogP contribution in [0.1, 0.15) is 57.7 Å². The standard InChI is InChI=1S/C13H22N2OS/c1-3-6-11-7-4-5-8-15(11)13-14-12(9-17-13)10(2)16/h9-11,16H,3-8H2,1-2H3. The largest absolute Gasteiger partial charge is 0.387 e. The van der Waals surface area contributed by atoms with E-state index in [2.05, 4.69) is 16.8 Å². The zero-order chi connectivity index (χ0) is 12.3. The Balaban J connectivity index is 2.11. The summed E-state index contributed by atoms with van der Waals surface area (Å²) in [6.07, 6.45) is 5.94. The number of aliphatic hydroxyl groups is 1. The summed E-state index contributed by atoms with van der Waals surface area (Å²) < 4.78 is 0. The molecule has 0 radical (unpaired) electrons. The molecular formula is C13H22N2OS. The number of anilines is 1. The zero-order valence-electron chi connectivity index (χ0n) is 10.7. The highest BCUT2D eigenvalue weighted by molar-refractivity contribution is 7.13. The van der Waals surface area contributed by atoms with E-state index in [-0.39, 0.29) is 0 Å². The predicted molar refractivity (Wildman–Crippen MR) is 72.6 cm³/mol. The van der Waals surface area contributed by atoms with Gasteiger partial charge in [-0.2, -0.15) is 0 Å². The molecule has 2 rings (SSSR count). The molecule has 0 aliphatic carbocycles. The molecule has 2 heterocycles. The van der Waals surface area contributed by atoms with Crippen molar-refractivity contribution in [3.63, 3.8) is 0 Å². The molecule has 0 bridgehead atoms. The van der Waals surface area contributed by atoms with Crippen LogP contribution in [0.3, 0.4) is 0 Å². The first kappa shape index (κ1) is 12.8. The van der Waals surface area contributed by atoms with Crippen LogP contribution in [0, 0.1) is 0 Å². The van der Waals surface area contributed by atoms with Crippen LogP contribution in [0.15, 0.2) is 5.38 Å². The molecular weight excluding hydrogens is 232 g/mol. The Hall–Kier alpha value is -0.610. The summed E-state index contributed by atoms with van der Waals surface area (Å²) in [7, 11) is 0. The van der Waals surface area contributed by atoms with Crippen molar-refractivity contribution < 1.29 is 5.11 Å². The maximum Gasteiger partial charge on any atom is 0.185 e. The van der Waals surface area contributed by atoms with E-state index >= 15 is 0 Å². The first-order valence-electron chi connectivity index (χ1n) is 6.62. The molecule has 1 fully saturated rings. The maximum absolute atomic E-state index is 9.53. The summed E-state index contributed by atoms with van der Waals surface area (Å²) in [5.41, 5.74) is 0.811. The molecule has 0 saturated carbocycles. The first-order chi connectivity index (χ1) is 8.22. The fraction of sp³-hybridized carbons (Fsp3) is 0.769. The van der Waals surface area contributed by atoms with Crippen molar-refractivity contribution in [2.24, 2.45) is 0 Å². The van der Waals surface area contributed by atoms with Gasteiger partial charge in [-0.3, -0.25) is 0 Å². The van der Waals surface area contributed by atoms with Crippen molar-refractivity contribution in [1.29, 1.82) is 0 Å². The molecule has 0 aromatic carbocycles. The van der Waals surface area contributed by atoms with Gasteiger partial charge in [-0.05, 0) is 32.6 Å². The monoisotopic (exact) mass is 254 g/mol. The lowest BCUT2D eigenvalue weighted by molar-refractivity contribution is 0.195.